The SMILES string of the molecule is CC(=O)NCCCOc1cc(O)c2c(c1)C=CCCCC(=O)CC=C(C)[C@H](C)OC2=O. The van der Waals surface area contributed by atoms with Crippen LogP contribution in [-0.2, 0) is 14.3 Å². The van der Waals surface area contributed by atoms with E-state index in [1.165, 1.54) is 13.0 Å². The summed E-state index contributed by atoms with van der Waals surface area (Å²) in [5.74, 6) is -0.403. The van der Waals surface area contributed by atoms with Crippen LogP contribution in [-0.4, -0.2) is 42.0 Å². The summed E-state index contributed by atoms with van der Waals surface area (Å²) in [5, 5.41) is 13.2. The third kappa shape index (κ3) is 7.92. The Balaban J connectivity index is 2.24. The number of ether oxygens (including phenoxy) is 2. The van der Waals surface area contributed by atoms with Crippen molar-refractivity contribution in [1.29, 1.82) is 0 Å². The van der Waals surface area contributed by atoms with Gasteiger partial charge in [0, 0.05) is 32.4 Å². The molecule has 0 spiro atoms. The number of phenols is 1. The molecule has 1 aromatic carbocycles. The summed E-state index contributed by atoms with van der Waals surface area (Å²) >= 11 is 0. The number of Topliss-reactive ketones (excluding diaryl/α,β-unsaturated/α-hetero) is 1. The quantitative estimate of drug-likeness (QED) is 0.418. The van der Waals surface area contributed by atoms with E-state index in [2.05, 4.69) is 5.32 Å². The van der Waals surface area contributed by atoms with Crippen LogP contribution in [0, 0.1) is 0 Å². The van der Waals surface area contributed by atoms with Gasteiger partial charge in [-0.2, -0.15) is 0 Å². The smallest absolute Gasteiger partial charge is 0.343 e. The van der Waals surface area contributed by atoms with Gasteiger partial charge in [-0.25, -0.2) is 4.79 Å². The molecular formula is C24H31NO6. The number of ketones is 1. The highest BCUT2D eigenvalue weighted by Crippen LogP contribution is 2.31. The predicted octanol–water partition coefficient (Wildman–Crippen LogP) is 3.95. The van der Waals surface area contributed by atoms with Crippen LogP contribution in [0.2, 0.25) is 0 Å². The molecule has 7 nitrogen and oxygen atoms in total. The zero-order valence-electron chi connectivity index (χ0n) is 18.4. The van der Waals surface area contributed by atoms with Gasteiger partial charge in [0.2, 0.25) is 5.91 Å². The monoisotopic (exact) mass is 429 g/mol. The lowest BCUT2D eigenvalue weighted by molar-refractivity contribution is -0.119. The Hall–Kier alpha value is -3.09. The Morgan fingerprint density at radius 3 is 2.84 bits per heavy atom. The number of rotatable bonds is 5. The van der Waals surface area contributed by atoms with Crippen molar-refractivity contribution in [2.75, 3.05) is 13.2 Å². The lowest BCUT2D eigenvalue weighted by atomic mass is 10.0. The van der Waals surface area contributed by atoms with E-state index in [1.54, 1.807) is 25.1 Å². The molecule has 1 aromatic rings. The molecule has 1 heterocycles. The summed E-state index contributed by atoms with van der Waals surface area (Å²) in [6.07, 6.45) is 7.67. The van der Waals surface area contributed by atoms with E-state index in [0.717, 1.165) is 5.57 Å². The number of phenolic OH excluding ortho intramolecular Hbond substituents is 1. The van der Waals surface area contributed by atoms with Gasteiger partial charge in [0.1, 0.15) is 28.9 Å². The van der Waals surface area contributed by atoms with Gasteiger partial charge in [-0.05, 0) is 50.3 Å². The number of esters is 1. The first kappa shape index (κ1) is 24.2. The number of aromatic hydroxyl groups is 1. The second kappa shape index (κ2) is 11.9. The fourth-order valence-electron chi connectivity index (χ4n) is 3.07. The normalized spacial score (nSPS) is 17.8. The molecule has 31 heavy (non-hydrogen) atoms. The second-order valence-corrected chi connectivity index (χ2v) is 7.62. The lowest BCUT2D eigenvalue weighted by Crippen LogP contribution is -2.22. The molecule has 7 heteroatoms. The van der Waals surface area contributed by atoms with Crippen molar-refractivity contribution in [3.05, 3.63) is 41.0 Å². The molecule has 2 N–H and O–H groups in total. The summed E-state index contributed by atoms with van der Waals surface area (Å²) in [7, 11) is 0. The molecule has 0 saturated heterocycles. The van der Waals surface area contributed by atoms with Gasteiger partial charge < -0.3 is 19.9 Å². The van der Waals surface area contributed by atoms with E-state index in [-0.39, 0.29) is 23.0 Å². The van der Waals surface area contributed by atoms with Crippen LogP contribution >= 0.6 is 0 Å². The number of carbonyl (C=O) groups is 3. The highest BCUT2D eigenvalue weighted by atomic mass is 16.5. The van der Waals surface area contributed by atoms with Crippen molar-refractivity contribution in [3.63, 3.8) is 0 Å². The summed E-state index contributed by atoms with van der Waals surface area (Å²) < 4.78 is 11.2. The topological polar surface area (TPSA) is 102 Å². The molecular weight excluding hydrogens is 398 g/mol. The van der Waals surface area contributed by atoms with E-state index in [1.807, 2.05) is 13.0 Å². The van der Waals surface area contributed by atoms with Crippen molar-refractivity contribution >= 4 is 23.7 Å². The van der Waals surface area contributed by atoms with E-state index in [4.69, 9.17) is 9.47 Å². The van der Waals surface area contributed by atoms with Crippen molar-refractivity contribution in [2.24, 2.45) is 0 Å². The third-order valence-electron chi connectivity index (χ3n) is 4.99. The first-order valence-electron chi connectivity index (χ1n) is 10.6. The van der Waals surface area contributed by atoms with Crippen LogP contribution in [0.15, 0.2) is 29.9 Å². The van der Waals surface area contributed by atoms with Gasteiger partial charge >= 0.3 is 5.97 Å². The minimum atomic E-state index is -0.641. The van der Waals surface area contributed by atoms with Gasteiger partial charge in [-0.15, -0.1) is 0 Å². The highest BCUT2D eigenvalue weighted by molar-refractivity contribution is 5.97. The maximum absolute atomic E-state index is 12.8. The molecule has 0 aliphatic carbocycles. The first-order chi connectivity index (χ1) is 14.8. The Labute approximate surface area is 183 Å². The Bertz CT molecular complexity index is 871. The minimum Gasteiger partial charge on any atom is -0.507 e. The highest BCUT2D eigenvalue weighted by Gasteiger charge is 2.21. The molecule has 0 unspecified atom stereocenters. The first-order valence-corrected chi connectivity index (χ1v) is 10.6. The van der Waals surface area contributed by atoms with Crippen molar-refractivity contribution in [1.82, 2.24) is 5.32 Å². The Morgan fingerprint density at radius 2 is 2.10 bits per heavy atom. The molecule has 0 aromatic heterocycles. The molecule has 0 fully saturated rings. The number of carbonyl (C=O) groups excluding carboxylic acids is 3. The summed E-state index contributed by atoms with van der Waals surface area (Å²) in [6.45, 7) is 5.83. The average Bonchev–Trinajstić information content (AvgIpc) is 2.70. The molecule has 1 aliphatic rings. The van der Waals surface area contributed by atoms with E-state index < -0.39 is 12.1 Å². The second-order valence-electron chi connectivity index (χ2n) is 7.62. The number of fused-ring (bicyclic) bond motifs is 1. The van der Waals surface area contributed by atoms with Crippen LogP contribution in [0.1, 0.15) is 68.8 Å². The van der Waals surface area contributed by atoms with Gasteiger partial charge in [0.05, 0.1) is 6.61 Å². The van der Waals surface area contributed by atoms with Crippen molar-refractivity contribution < 1.29 is 29.0 Å². The number of cyclic esters (lactones) is 1. The van der Waals surface area contributed by atoms with Crippen molar-refractivity contribution in [2.45, 2.75) is 59.0 Å². The van der Waals surface area contributed by atoms with Gasteiger partial charge in [-0.3, -0.25) is 9.59 Å². The third-order valence-corrected chi connectivity index (χ3v) is 4.99. The maximum atomic E-state index is 12.8. The van der Waals surface area contributed by atoms with E-state index >= 15 is 0 Å². The fraction of sp³-hybridized carbons (Fsp3) is 0.458. The van der Waals surface area contributed by atoms with E-state index in [9.17, 15) is 19.5 Å². The van der Waals surface area contributed by atoms with E-state index in [0.29, 0.717) is 56.6 Å². The molecule has 0 bridgehead atoms. The molecule has 2 rings (SSSR count). The summed E-state index contributed by atoms with van der Waals surface area (Å²) in [6, 6.07) is 3.07. The van der Waals surface area contributed by atoms with Crippen molar-refractivity contribution in [3.8, 4) is 11.5 Å². The summed E-state index contributed by atoms with van der Waals surface area (Å²) in [5.41, 5.74) is 1.35. The number of amides is 1. The van der Waals surface area contributed by atoms with Gasteiger partial charge in [-0.1, -0.05) is 18.2 Å². The predicted molar refractivity (Wildman–Crippen MR) is 118 cm³/mol. The van der Waals surface area contributed by atoms with Crippen LogP contribution in [0.4, 0.5) is 0 Å². The molecule has 168 valence electrons. The zero-order chi connectivity index (χ0) is 22.8. The Kier molecular flexibility index (Phi) is 9.31. The van der Waals surface area contributed by atoms with Crippen LogP contribution in [0.5, 0.6) is 11.5 Å². The van der Waals surface area contributed by atoms with Crippen LogP contribution < -0.4 is 10.1 Å². The molecule has 0 radical (unpaired) electrons. The molecule has 1 aliphatic heterocycles. The number of benzene rings is 1. The minimum absolute atomic E-state index is 0.0784. The lowest BCUT2D eigenvalue weighted by Gasteiger charge is -2.17. The number of hydrogen-bond donors (Lipinski definition) is 2. The average molecular weight is 430 g/mol. The van der Waals surface area contributed by atoms with Gasteiger partial charge in [0.15, 0.2) is 0 Å². The van der Waals surface area contributed by atoms with Crippen LogP contribution in [0.3, 0.4) is 0 Å². The zero-order valence-corrected chi connectivity index (χ0v) is 18.4. The maximum Gasteiger partial charge on any atom is 0.343 e. The molecule has 0 saturated carbocycles. The summed E-state index contributed by atoms with van der Waals surface area (Å²) in [4.78, 5) is 35.7. The van der Waals surface area contributed by atoms with Gasteiger partial charge in [0.25, 0.3) is 0 Å². The fourth-order valence-corrected chi connectivity index (χ4v) is 3.07. The molecule has 1 amide bonds. The number of hydrogen-bond acceptors (Lipinski definition) is 6. The Morgan fingerprint density at radius 1 is 1.32 bits per heavy atom. The van der Waals surface area contributed by atoms with Crippen LogP contribution in [0.25, 0.3) is 6.08 Å². The number of nitrogens with one attached hydrogen (secondary N) is 1. The number of allylic oxidation sites excluding steroid dienone is 2. The molecule has 1 atom stereocenters. The largest absolute Gasteiger partial charge is 0.507 e. The standard InChI is InChI=1S/C24H31NO6/c1-16-10-11-20(27)9-6-4-5-8-19-14-21(30-13-7-12-25-18(3)26)15-22(28)23(19)24(29)31-17(16)2/h5,8,10,14-15,17,28H,4,6-7,9,11-13H2,1-3H3,(H,25,26)/t17-/m0/s1.